The number of aliphatic carboxylic acids is 1. The summed E-state index contributed by atoms with van der Waals surface area (Å²) < 4.78 is 1.98. The molecular formula is C15H27N3O2. The van der Waals surface area contributed by atoms with Crippen molar-refractivity contribution in [1.82, 2.24) is 15.1 Å². The number of carboxylic acids is 1. The van der Waals surface area contributed by atoms with E-state index in [1.807, 2.05) is 25.5 Å². The van der Waals surface area contributed by atoms with Gasteiger partial charge in [-0.2, -0.15) is 5.10 Å². The van der Waals surface area contributed by atoms with Crippen LogP contribution in [0.3, 0.4) is 0 Å². The summed E-state index contributed by atoms with van der Waals surface area (Å²) in [6.45, 7) is 12.0. The van der Waals surface area contributed by atoms with Gasteiger partial charge in [0.15, 0.2) is 0 Å². The maximum Gasteiger partial charge on any atom is 0.310 e. The predicted molar refractivity (Wildman–Crippen MR) is 79.7 cm³/mol. The number of carbonyl (C=O) groups is 1. The minimum Gasteiger partial charge on any atom is -0.481 e. The van der Waals surface area contributed by atoms with Crippen LogP contribution in [0.1, 0.15) is 50.6 Å². The van der Waals surface area contributed by atoms with E-state index in [4.69, 9.17) is 0 Å². The quantitative estimate of drug-likeness (QED) is 0.768. The van der Waals surface area contributed by atoms with E-state index in [1.165, 1.54) is 5.56 Å². The maximum atomic E-state index is 11.5. The van der Waals surface area contributed by atoms with Crippen molar-refractivity contribution in [3.05, 3.63) is 17.0 Å². The van der Waals surface area contributed by atoms with E-state index < -0.39 is 11.4 Å². The summed E-state index contributed by atoms with van der Waals surface area (Å²) in [7, 11) is 0. The van der Waals surface area contributed by atoms with Crippen molar-refractivity contribution >= 4 is 5.97 Å². The zero-order valence-corrected chi connectivity index (χ0v) is 13.3. The average molecular weight is 281 g/mol. The smallest absolute Gasteiger partial charge is 0.310 e. The molecule has 1 rings (SSSR count). The van der Waals surface area contributed by atoms with Gasteiger partial charge in [-0.25, -0.2) is 0 Å². The Morgan fingerprint density at radius 3 is 2.30 bits per heavy atom. The average Bonchev–Trinajstić information content (AvgIpc) is 2.70. The molecule has 0 saturated heterocycles. The molecule has 1 aromatic heterocycles. The Hall–Kier alpha value is -1.36. The first kappa shape index (κ1) is 16.7. The molecular weight excluding hydrogens is 254 g/mol. The van der Waals surface area contributed by atoms with Crippen LogP contribution in [-0.4, -0.2) is 27.4 Å². The number of nitrogens with zero attached hydrogens (tertiary/aromatic N) is 2. The highest BCUT2D eigenvalue weighted by atomic mass is 16.4. The summed E-state index contributed by atoms with van der Waals surface area (Å²) in [5.41, 5.74) is 2.69. The van der Waals surface area contributed by atoms with Gasteiger partial charge in [-0.05, 0) is 33.6 Å². The zero-order valence-electron chi connectivity index (χ0n) is 13.3. The molecule has 0 aliphatic carbocycles. The Morgan fingerprint density at radius 2 is 1.90 bits per heavy atom. The molecule has 20 heavy (non-hydrogen) atoms. The second-order valence-electron chi connectivity index (χ2n) is 5.36. The predicted octanol–water partition coefficient (Wildman–Crippen LogP) is 2.50. The first-order chi connectivity index (χ1) is 9.41. The van der Waals surface area contributed by atoms with Gasteiger partial charge in [0.1, 0.15) is 0 Å². The van der Waals surface area contributed by atoms with Crippen molar-refractivity contribution in [2.75, 3.05) is 6.54 Å². The van der Waals surface area contributed by atoms with Crippen LogP contribution in [0, 0.1) is 19.3 Å². The molecule has 0 saturated carbocycles. The fraction of sp³-hybridized carbons (Fsp3) is 0.733. The molecule has 1 heterocycles. The van der Waals surface area contributed by atoms with E-state index in [-0.39, 0.29) is 0 Å². The van der Waals surface area contributed by atoms with E-state index in [1.54, 1.807) is 0 Å². The molecule has 0 radical (unpaired) electrons. The van der Waals surface area contributed by atoms with Crippen molar-refractivity contribution in [3.63, 3.8) is 0 Å². The Bertz CT molecular complexity index is 462. The lowest BCUT2D eigenvalue weighted by atomic mass is 9.82. The van der Waals surface area contributed by atoms with Crippen LogP contribution in [0.25, 0.3) is 0 Å². The minimum absolute atomic E-state index is 0.492. The summed E-state index contributed by atoms with van der Waals surface area (Å²) in [4.78, 5) is 11.5. The van der Waals surface area contributed by atoms with Crippen LogP contribution in [0.2, 0.25) is 0 Å². The Kier molecular flexibility index (Phi) is 5.74. The van der Waals surface area contributed by atoms with Crippen molar-refractivity contribution in [1.29, 1.82) is 0 Å². The summed E-state index contributed by atoms with van der Waals surface area (Å²) >= 11 is 0. The normalized spacial score (nSPS) is 11.8. The van der Waals surface area contributed by atoms with E-state index in [0.717, 1.165) is 17.9 Å². The van der Waals surface area contributed by atoms with Crippen LogP contribution in [0.15, 0.2) is 0 Å². The third-order valence-electron chi connectivity index (χ3n) is 4.40. The number of nitrogens with one attached hydrogen (secondary N) is 1. The van der Waals surface area contributed by atoms with Gasteiger partial charge < -0.3 is 10.4 Å². The number of hydrogen-bond donors (Lipinski definition) is 2. The van der Waals surface area contributed by atoms with Gasteiger partial charge in [-0.15, -0.1) is 0 Å². The highest BCUT2D eigenvalue weighted by molar-refractivity contribution is 5.74. The third kappa shape index (κ3) is 3.20. The molecule has 5 heteroatoms. The molecule has 0 aliphatic rings. The van der Waals surface area contributed by atoms with Crippen LogP contribution < -0.4 is 5.32 Å². The number of carboxylic acid groups (broad SMARTS) is 1. The molecule has 0 spiro atoms. The maximum absolute atomic E-state index is 11.5. The molecule has 1 aromatic rings. The highest BCUT2D eigenvalue weighted by Gasteiger charge is 2.34. The first-order valence-corrected chi connectivity index (χ1v) is 7.38. The summed E-state index contributed by atoms with van der Waals surface area (Å²) in [5, 5.41) is 17.2. The molecule has 0 unspecified atom stereocenters. The monoisotopic (exact) mass is 281 g/mol. The molecule has 0 aliphatic heterocycles. The summed E-state index contributed by atoms with van der Waals surface area (Å²) in [5.74, 6) is -0.715. The Labute approximate surface area is 121 Å². The molecule has 0 bridgehead atoms. The number of aryl methyl sites for hydroxylation is 2. The van der Waals surface area contributed by atoms with Gasteiger partial charge in [0.05, 0.1) is 11.1 Å². The van der Waals surface area contributed by atoms with E-state index >= 15 is 0 Å². The van der Waals surface area contributed by atoms with Gasteiger partial charge in [-0.3, -0.25) is 9.48 Å². The van der Waals surface area contributed by atoms with Crippen molar-refractivity contribution < 1.29 is 9.90 Å². The number of rotatable bonds is 8. The number of hydrogen-bond acceptors (Lipinski definition) is 3. The minimum atomic E-state index is -0.715. The summed E-state index contributed by atoms with van der Waals surface area (Å²) in [6, 6.07) is 0. The molecule has 0 fully saturated rings. The van der Waals surface area contributed by atoms with Gasteiger partial charge in [-0.1, -0.05) is 13.8 Å². The molecule has 5 nitrogen and oxygen atoms in total. The van der Waals surface area contributed by atoms with Crippen LogP contribution in [0.5, 0.6) is 0 Å². The molecule has 0 amide bonds. The topological polar surface area (TPSA) is 67.2 Å². The molecule has 0 atom stereocenters. The molecule has 114 valence electrons. The molecule has 2 N–H and O–H groups in total. The largest absolute Gasteiger partial charge is 0.481 e. The fourth-order valence-electron chi connectivity index (χ4n) is 2.60. The molecule has 0 aromatic carbocycles. The second kappa shape index (κ2) is 6.88. The number of aromatic nitrogens is 2. The third-order valence-corrected chi connectivity index (χ3v) is 4.40. The van der Waals surface area contributed by atoms with Gasteiger partial charge in [0.2, 0.25) is 0 Å². The summed E-state index contributed by atoms with van der Waals surface area (Å²) in [6.07, 6.45) is 1.27. The van der Waals surface area contributed by atoms with E-state index in [2.05, 4.69) is 24.3 Å². The second-order valence-corrected chi connectivity index (χ2v) is 5.36. The van der Waals surface area contributed by atoms with E-state index in [9.17, 15) is 9.90 Å². The standard InChI is InChI=1S/C15H27N3O2/c1-6-15(7-2,14(19)20)10-16-9-13-11(4)17-18(8-3)12(13)5/h16H,6-10H2,1-5H3,(H,19,20). The van der Waals surface area contributed by atoms with Crippen molar-refractivity contribution in [2.45, 2.75) is 60.5 Å². The first-order valence-electron chi connectivity index (χ1n) is 7.38. The lowest BCUT2D eigenvalue weighted by Gasteiger charge is -2.27. The lowest BCUT2D eigenvalue weighted by molar-refractivity contribution is -0.149. The van der Waals surface area contributed by atoms with Crippen molar-refractivity contribution in [3.8, 4) is 0 Å². The van der Waals surface area contributed by atoms with Gasteiger partial charge in [0.25, 0.3) is 0 Å². The van der Waals surface area contributed by atoms with E-state index in [0.29, 0.717) is 25.9 Å². The van der Waals surface area contributed by atoms with Gasteiger partial charge in [0, 0.05) is 30.9 Å². The SMILES string of the molecule is CCn1nc(C)c(CNCC(CC)(CC)C(=O)O)c1C. The lowest BCUT2D eigenvalue weighted by Crippen LogP contribution is -2.40. The fourth-order valence-corrected chi connectivity index (χ4v) is 2.60. The highest BCUT2D eigenvalue weighted by Crippen LogP contribution is 2.26. The van der Waals surface area contributed by atoms with Crippen LogP contribution in [0.4, 0.5) is 0 Å². The Balaban J connectivity index is 2.73. The Morgan fingerprint density at radius 1 is 1.30 bits per heavy atom. The van der Waals surface area contributed by atoms with Crippen LogP contribution in [-0.2, 0) is 17.9 Å². The van der Waals surface area contributed by atoms with Crippen LogP contribution >= 0.6 is 0 Å². The van der Waals surface area contributed by atoms with Crippen molar-refractivity contribution in [2.24, 2.45) is 5.41 Å². The zero-order chi connectivity index (χ0) is 15.3. The van der Waals surface area contributed by atoms with Gasteiger partial charge >= 0.3 is 5.97 Å².